The van der Waals surface area contributed by atoms with E-state index in [1.807, 2.05) is 6.07 Å². The second-order valence-corrected chi connectivity index (χ2v) is 8.82. The van der Waals surface area contributed by atoms with Gasteiger partial charge in [0.2, 0.25) is 5.91 Å². The highest BCUT2D eigenvalue weighted by Gasteiger charge is 2.31. The highest BCUT2D eigenvalue weighted by molar-refractivity contribution is 5.92. The van der Waals surface area contributed by atoms with Crippen LogP contribution in [0.3, 0.4) is 0 Å². The highest BCUT2D eigenvalue weighted by Crippen LogP contribution is 2.38. The molecule has 0 saturated heterocycles. The Kier molecular flexibility index (Phi) is 5.02. The number of nitrogens with two attached hydrogens (primary N) is 1. The van der Waals surface area contributed by atoms with E-state index in [4.69, 9.17) is 10.7 Å². The molecule has 0 radical (unpaired) electrons. The fraction of sp³-hybridized carbons (Fsp3) is 0.250. The molecule has 0 bridgehead atoms. The van der Waals surface area contributed by atoms with Crippen LogP contribution in [0.25, 0.3) is 27.8 Å². The molecule has 1 aliphatic rings. The molecule has 5 heterocycles. The van der Waals surface area contributed by atoms with Crippen LogP contribution in [0, 0.1) is 5.92 Å². The summed E-state index contributed by atoms with van der Waals surface area (Å²) in [7, 11) is 0. The lowest BCUT2D eigenvalue weighted by atomic mass is 9.81. The van der Waals surface area contributed by atoms with E-state index in [-0.39, 0.29) is 23.3 Å². The predicted octanol–water partition coefficient (Wildman–Crippen LogP) is 2.85. The number of pyridine rings is 2. The number of carbonyl (C=O) groups excluding carboxylic acids is 1. The van der Waals surface area contributed by atoms with Crippen LogP contribution in [-0.2, 0) is 4.79 Å². The van der Waals surface area contributed by atoms with Gasteiger partial charge in [-0.05, 0) is 49.9 Å². The number of amides is 1. The lowest BCUT2D eigenvalue weighted by Gasteiger charge is -2.26. The van der Waals surface area contributed by atoms with Crippen molar-refractivity contribution in [2.24, 2.45) is 5.92 Å². The maximum absolute atomic E-state index is 12.7. The molecule has 176 valence electrons. The number of anilines is 2. The molecule has 11 heteroatoms. The van der Waals surface area contributed by atoms with Crippen LogP contribution in [0.1, 0.15) is 37.4 Å². The van der Waals surface area contributed by atoms with Crippen LogP contribution in [0.2, 0.25) is 0 Å². The van der Waals surface area contributed by atoms with E-state index in [0.717, 1.165) is 31.5 Å². The molecule has 0 atom stereocenters. The quantitative estimate of drug-likeness (QED) is 0.315. The Morgan fingerprint density at radius 2 is 2.06 bits per heavy atom. The number of fused-ring (bicyclic) bond motifs is 2. The maximum atomic E-state index is 12.7. The zero-order chi connectivity index (χ0) is 23.9. The van der Waals surface area contributed by atoms with Gasteiger partial charge in [-0.2, -0.15) is 5.10 Å². The zero-order valence-electron chi connectivity index (χ0n) is 18.7. The Morgan fingerprint density at radius 3 is 2.83 bits per heavy atom. The number of H-pyrrole nitrogens is 2. The van der Waals surface area contributed by atoms with Gasteiger partial charge in [0.15, 0.2) is 5.82 Å². The van der Waals surface area contributed by atoms with Gasteiger partial charge >= 0.3 is 0 Å². The summed E-state index contributed by atoms with van der Waals surface area (Å²) >= 11 is 0. The fourth-order valence-corrected chi connectivity index (χ4v) is 4.92. The summed E-state index contributed by atoms with van der Waals surface area (Å²) < 4.78 is 1.74. The molecular weight excluding hydrogens is 446 g/mol. The number of hydrogen-bond donors (Lipinski definition) is 4. The van der Waals surface area contributed by atoms with Crippen molar-refractivity contribution in [3.05, 3.63) is 65.4 Å². The summed E-state index contributed by atoms with van der Waals surface area (Å²) in [6.45, 7) is 0. The average Bonchev–Trinajstić information content (AvgIpc) is 3.48. The van der Waals surface area contributed by atoms with Gasteiger partial charge in [0, 0.05) is 24.2 Å². The number of hydrogen-bond acceptors (Lipinski definition) is 7. The number of rotatable bonds is 4. The molecule has 1 aliphatic carbocycles. The van der Waals surface area contributed by atoms with Gasteiger partial charge in [-0.1, -0.05) is 0 Å². The molecule has 1 fully saturated rings. The van der Waals surface area contributed by atoms with E-state index >= 15 is 0 Å². The largest absolute Gasteiger partial charge is 0.382 e. The SMILES string of the molecule is Nc1ncnn2c(C3CCC(C(=O)Nc4cccnc4)CC3)nc(-c3cc4c(=O)[nH]ccc4[nH]3)c12. The number of carbonyl (C=O) groups is 1. The smallest absolute Gasteiger partial charge is 0.257 e. The number of imidazole rings is 1. The van der Waals surface area contributed by atoms with Crippen molar-refractivity contribution >= 4 is 33.8 Å². The number of nitrogens with zero attached hydrogens (tertiary/aromatic N) is 5. The topological polar surface area (TPSA) is 160 Å². The van der Waals surface area contributed by atoms with E-state index in [1.54, 1.807) is 41.3 Å². The van der Waals surface area contributed by atoms with Gasteiger partial charge in [0.1, 0.15) is 23.4 Å². The van der Waals surface area contributed by atoms with Crippen molar-refractivity contribution in [2.75, 3.05) is 11.1 Å². The minimum Gasteiger partial charge on any atom is -0.382 e. The van der Waals surface area contributed by atoms with Crippen LogP contribution < -0.4 is 16.6 Å². The van der Waals surface area contributed by atoms with Gasteiger partial charge < -0.3 is 21.0 Å². The van der Waals surface area contributed by atoms with E-state index < -0.39 is 0 Å². The minimum atomic E-state index is -0.180. The molecule has 0 aromatic carbocycles. The third kappa shape index (κ3) is 3.70. The molecule has 0 spiro atoms. The van der Waals surface area contributed by atoms with Crippen molar-refractivity contribution in [1.82, 2.24) is 34.5 Å². The fourth-order valence-electron chi connectivity index (χ4n) is 4.92. The first-order chi connectivity index (χ1) is 17.1. The molecule has 0 aliphatic heterocycles. The molecule has 0 unspecified atom stereocenters. The van der Waals surface area contributed by atoms with Crippen molar-refractivity contribution in [1.29, 1.82) is 0 Å². The molecule has 5 aromatic rings. The van der Waals surface area contributed by atoms with Crippen LogP contribution in [0.15, 0.2) is 54.0 Å². The van der Waals surface area contributed by atoms with E-state index in [0.29, 0.717) is 39.3 Å². The molecular formula is C24H23N9O2. The standard InChI is InChI=1S/C24H23N9O2/c25-21-20-19(18-10-16-17(31-18)7-9-27-24(16)35)32-22(33(20)29-12-28-21)13-3-5-14(6-4-13)23(34)30-15-2-1-8-26-11-15/h1-2,7-14,31H,3-6H2,(H,27,35)(H,30,34)(H2,25,28,29). The van der Waals surface area contributed by atoms with Gasteiger partial charge in [0.05, 0.1) is 28.5 Å². The lowest BCUT2D eigenvalue weighted by Crippen LogP contribution is -2.27. The third-order valence-corrected chi connectivity index (χ3v) is 6.69. The summed E-state index contributed by atoms with van der Waals surface area (Å²) in [4.78, 5) is 44.1. The molecule has 5 aromatic heterocycles. The summed E-state index contributed by atoms with van der Waals surface area (Å²) in [5.41, 5.74) is 9.35. The van der Waals surface area contributed by atoms with Crippen LogP contribution in [0.5, 0.6) is 0 Å². The monoisotopic (exact) mass is 469 g/mol. The Hall–Kier alpha value is -4.54. The Labute approximate surface area is 198 Å². The summed E-state index contributed by atoms with van der Waals surface area (Å²) in [6, 6.07) is 7.20. The lowest BCUT2D eigenvalue weighted by molar-refractivity contribution is -0.120. The number of aromatic amines is 2. The second-order valence-electron chi connectivity index (χ2n) is 8.82. The molecule has 1 saturated carbocycles. The number of nitrogen functional groups attached to an aromatic ring is 1. The van der Waals surface area contributed by atoms with Crippen molar-refractivity contribution in [3.63, 3.8) is 0 Å². The first-order valence-electron chi connectivity index (χ1n) is 11.5. The van der Waals surface area contributed by atoms with Gasteiger partial charge in [-0.3, -0.25) is 14.6 Å². The normalized spacial score (nSPS) is 18.2. The predicted molar refractivity (Wildman–Crippen MR) is 131 cm³/mol. The van der Waals surface area contributed by atoms with Crippen molar-refractivity contribution in [2.45, 2.75) is 31.6 Å². The zero-order valence-corrected chi connectivity index (χ0v) is 18.7. The van der Waals surface area contributed by atoms with Crippen LogP contribution in [-0.4, -0.2) is 40.4 Å². The van der Waals surface area contributed by atoms with E-state index in [9.17, 15) is 9.59 Å². The number of aromatic nitrogens is 7. The van der Waals surface area contributed by atoms with E-state index in [1.165, 1.54) is 6.33 Å². The molecule has 5 N–H and O–H groups in total. The first kappa shape index (κ1) is 21.0. The summed E-state index contributed by atoms with van der Waals surface area (Å²) in [6.07, 6.45) is 9.40. The van der Waals surface area contributed by atoms with Crippen molar-refractivity contribution in [3.8, 4) is 11.4 Å². The highest BCUT2D eigenvalue weighted by atomic mass is 16.2. The first-order valence-corrected chi connectivity index (χ1v) is 11.5. The Balaban J connectivity index is 1.30. The summed E-state index contributed by atoms with van der Waals surface area (Å²) in [5.74, 6) is 1.15. The van der Waals surface area contributed by atoms with Crippen LogP contribution in [0.4, 0.5) is 11.5 Å². The second kappa shape index (κ2) is 8.35. The molecule has 11 nitrogen and oxygen atoms in total. The summed E-state index contributed by atoms with van der Waals surface area (Å²) in [5, 5.41) is 7.94. The maximum Gasteiger partial charge on any atom is 0.257 e. The number of nitrogens with one attached hydrogen (secondary N) is 3. The van der Waals surface area contributed by atoms with Gasteiger partial charge in [0.25, 0.3) is 5.56 Å². The van der Waals surface area contributed by atoms with Gasteiger partial charge in [-0.25, -0.2) is 14.5 Å². The minimum absolute atomic E-state index is 0.0139. The van der Waals surface area contributed by atoms with Crippen molar-refractivity contribution < 1.29 is 4.79 Å². The van der Waals surface area contributed by atoms with E-state index in [2.05, 4.69) is 30.4 Å². The molecule has 6 rings (SSSR count). The Morgan fingerprint density at radius 1 is 1.20 bits per heavy atom. The Bertz CT molecular complexity index is 1590. The average molecular weight is 470 g/mol. The molecule has 35 heavy (non-hydrogen) atoms. The van der Waals surface area contributed by atoms with Crippen LogP contribution >= 0.6 is 0 Å². The molecule has 1 amide bonds. The van der Waals surface area contributed by atoms with Gasteiger partial charge in [-0.15, -0.1) is 0 Å². The third-order valence-electron chi connectivity index (χ3n) is 6.69.